The minimum atomic E-state index is 0.316. The Balaban J connectivity index is 2.09. The summed E-state index contributed by atoms with van der Waals surface area (Å²) >= 11 is 1.77. The lowest BCUT2D eigenvalue weighted by atomic mass is 10.2. The van der Waals surface area contributed by atoms with Crippen molar-refractivity contribution in [2.45, 2.75) is 33.2 Å². The second-order valence-electron chi connectivity index (χ2n) is 4.46. The average molecular weight is 262 g/mol. The molecule has 0 aromatic carbocycles. The van der Waals surface area contributed by atoms with Crippen molar-refractivity contribution in [1.82, 2.24) is 9.97 Å². The van der Waals surface area contributed by atoms with Gasteiger partial charge in [0.15, 0.2) is 0 Å². The van der Waals surface area contributed by atoms with Gasteiger partial charge in [0.1, 0.15) is 17.5 Å². The molecule has 18 heavy (non-hydrogen) atoms. The smallest absolute Gasteiger partial charge is 0.134 e. The number of nitrogens with one attached hydrogen (secondary N) is 1. The SMILES string of the molecule is Cc1nc(N)c(C)c(NC(C)Cc2cccs2)n1. The number of thiophene rings is 1. The van der Waals surface area contributed by atoms with Crippen molar-refractivity contribution < 1.29 is 0 Å². The van der Waals surface area contributed by atoms with Gasteiger partial charge < -0.3 is 11.1 Å². The lowest BCUT2D eigenvalue weighted by Gasteiger charge is -2.16. The average Bonchev–Trinajstić information content (AvgIpc) is 2.77. The van der Waals surface area contributed by atoms with Gasteiger partial charge >= 0.3 is 0 Å². The first kappa shape index (κ1) is 12.8. The maximum absolute atomic E-state index is 5.84. The Labute approximate surface area is 111 Å². The van der Waals surface area contributed by atoms with Crippen LogP contribution >= 0.6 is 11.3 Å². The van der Waals surface area contributed by atoms with Gasteiger partial charge in [-0.2, -0.15) is 0 Å². The van der Waals surface area contributed by atoms with E-state index < -0.39 is 0 Å². The van der Waals surface area contributed by atoms with Crippen molar-refractivity contribution in [2.24, 2.45) is 0 Å². The second-order valence-corrected chi connectivity index (χ2v) is 5.49. The molecule has 5 heteroatoms. The fourth-order valence-electron chi connectivity index (χ4n) is 1.81. The van der Waals surface area contributed by atoms with Crippen LogP contribution in [0.5, 0.6) is 0 Å². The summed E-state index contributed by atoms with van der Waals surface area (Å²) in [5.74, 6) is 2.08. The summed E-state index contributed by atoms with van der Waals surface area (Å²) in [7, 11) is 0. The van der Waals surface area contributed by atoms with Gasteiger partial charge in [-0.05, 0) is 32.2 Å². The Bertz CT molecular complexity index is 522. The number of nitrogens with two attached hydrogens (primary N) is 1. The molecule has 2 rings (SSSR count). The number of anilines is 2. The van der Waals surface area contributed by atoms with Crippen LogP contribution in [0, 0.1) is 13.8 Å². The molecular weight excluding hydrogens is 244 g/mol. The van der Waals surface area contributed by atoms with Crippen LogP contribution in [-0.4, -0.2) is 16.0 Å². The number of nitrogens with zero attached hydrogens (tertiary/aromatic N) is 2. The van der Waals surface area contributed by atoms with Gasteiger partial charge in [0, 0.05) is 22.9 Å². The van der Waals surface area contributed by atoms with E-state index in [2.05, 4.69) is 39.7 Å². The molecule has 1 atom stereocenters. The van der Waals surface area contributed by atoms with Gasteiger partial charge in [0.25, 0.3) is 0 Å². The highest BCUT2D eigenvalue weighted by atomic mass is 32.1. The number of aromatic nitrogens is 2. The normalized spacial score (nSPS) is 12.4. The molecule has 96 valence electrons. The quantitative estimate of drug-likeness (QED) is 0.889. The van der Waals surface area contributed by atoms with E-state index in [4.69, 9.17) is 5.73 Å². The number of aryl methyl sites for hydroxylation is 1. The topological polar surface area (TPSA) is 63.8 Å². The Morgan fingerprint density at radius 2 is 2.17 bits per heavy atom. The van der Waals surface area contributed by atoms with E-state index in [9.17, 15) is 0 Å². The molecule has 0 saturated carbocycles. The molecule has 4 nitrogen and oxygen atoms in total. The van der Waals surface area contributed by atoms with Crippen molar-refractivity contribution in [3.05, 3.63) is 33.8 Å². The van der Waals surface area contributed by atoms with E-state index in [0.29, 0.717) is 17.7 Å². The number of nitrogen functional groups attached to an aromatic ring is 1. The summed E-state index contributed by atoms with van der Waals surface area (Å²) in [5, 5.41) is 5.50. The van der Waals surface area contributed by atoms with Crippen LogP contribution in [0.1, 0.15) is 23.2 Å². The molecule has 0 bridgehead atoms. The molecule has 0 fully saturated rings. The largest absolute Gasteiger partial charge is 0.383 e. The molecule has 2 heterocycles. The molecular formula is C13H18N4S. The molecule has 2 aromatic heterocycles. The molecule has 0 saturated heterocycles. The van der Waals surface area contributed by atoms with E-state index in [1.165, 1.54) is 4.88 Å². The van der Waals surface area contributed by atoms with Crippen molar-refractivity contribution in [1.29, 1.82) is 0 Å². The van der Waals surface area contributed by atoms with Crippen LogP contribution in [0.3, 0.4) is 0 Å². The van der Waals surface area contributed by atoms with Gasteiger partial charge in [-0.15, -0.1) is 11.3 Å². The Morgan fingerprint density at radius 3 is 2.83 bits per heavy atom. The highest BCUT2D eigenvalue weighted by Gasteiger charge is 2.10. The zero-order valence-electron chi connectivity index (χ0n) is 10.9. The first-order chi connectivity index (χ1) is 8.56. The monoisotopic (exact) mass is 262 g/mol. The lowest BCUT2D eigenvalue weighted by Crippen LogP contribution is -2.20. The second kappa shape index (κ2) is 5.35. The molecule has 0 spiro atoms. The van der Waals surface area contributed by atoms with E-state index in [1.807, 2.05) is 13.8 Å². The third kappa shape index (κ3) is 2.98. The minimum Gasteiger partial charge on any atom is -0.383 e. The molecule has 1 unspecified atom stereocenters. The highest BCUT2D eigenvalue weighted by molar-refractivity contribution is 7.09. The summed E-state index contributed by atoms with van der Waals surface area (Å²) in [6.45, 7) is 5.94. The predicted molar refractivity (Wildman–Crippen MR) is 77.0 cm³/mol. The molecule has 0 aliphatic carbocycles. The van der Waals surface area contributed by atoms with Crippen molar-refractivity contribution in [2.75, 3.05) is 11.1 Å². The van der Waals surface area contributed by atoms with Gasteiger partial charge in [-0.25, -0.2) is 9.97 Å². The van der Waals surface area contributed by atoms with Crippen LogP contribution in [0.15, 0.2) is 17.5 Å². The third-order valence-electron chi connectivity index (χ3n) is 2.77. The summed E-state index contributed by atoms with van der Waals surface area (Å²) < 4.78 is 0. The van der Waals surface area contributed by atoms with Crippen molar-refractivity contribution >= 4 is 23.0 Å². The maximum atomic E-state index is 5.84. The summed E-state index contributed by atoms with van der Waals surface area (Å²) in [6, 6.07) is 4.54. The standard InChI is InChI=1S/C13H18N4S/c1-8(7-11-5-4-6-18-11)15-13-9(2)12(14)16-10(3)17-13/h4-6,8H,7H2,1-3H3,(H3,14,15,16,17). The van der Waals surface area contributed by atoms with E-state index in [-0.39, 0.29) is 0 Å². The zero-order valence-corrected chi connectivity index (χ0v) is 11.7. The van der Waals surface area contributed by atoms with Crippen LogP contribution in [0.2, 0.25) is 0 Å². The minimum absolute atomic E-state index is 0.316. The Kier molecular flexibility index (Phi) is 3.81. The van der Waals surface area contributed by atoms with E-state index >= 15 is 0 Å². The number of hydrogen-bond donors (Lipinski definition) is 2. The molecule has 0 radical (unpaired) electrons. The van der Waals surface area contributed by atoms with Gasteiger partial charge in [-0.3, -0.25) is 0 Å². The van der Waals surface area contributed by atoms with E-state index in [1.54, 1.807) is 11.3 Å². The first-order valence-electron chi connectivity index (χ1n) is 5.96. The molecule has 0 amide bonds. The maximum Gasteiger partial charge on any atom is 0.134 e. The fraction of sp³-hybridized carbons (Fsp3) is 0.385. The molecule has 0 aliphatic heterocycles. The summed E-state index contributed by atoms with van der Waals surface area (Å²) in [5.41, 5.74) is 6.76. The van der Waals surface area contributed by atoms with Gasteiger partial charge in [0.2, 0.25) is 0 Å². The highest BCUT2D eigenvalue weighted by Crippen LogP contribution is 2.19. The zero-order chi connectivity index (χ0) is 13.1. The molecule has 2 aromatic rings. The number of rotatable bonds is 4. The van der Waals surface area contributed by atoms with Crippen LogP contribution in [-0.2, 0) is 6.42 Å². The van der Waals surface area contributed by atoms with Crippen molar-refractivity contribution in [3.8, 4) is 0 Å². The Morgan fingerprint density at radius 1 is 1.39 bits per heavy atom. The summed E-state index contributed by atoms with van der Waals surface area (Å²) in [6.07, 6.45) is 0.986. The van der Waals surface area contributed by atoms with E-state index in [0.717, 1.165) is 17.8 Å². The van der Waals surface area contributed by atoms with Gasteiger partial charge in [0.05, 0.1) is 0 Å². The predicted octanol–water partition coefficient (Wildman–Crippen LogP) is 2.78. The lowest BCUT2D eigenvalue weighted by molar-refractivity contribution is 0.789. The van der Waals surface area contributed by atoms with Crippen LogP contribution in [0.4, 0.5) is 11.6 Å². The summed E-state index contributed by atoms with van der Waals surface area (Å²) in [4.78, 5) is 9.92. The Hall–Kier alpha value is -1.62. The molecule has 3 N–H and O–H groups in total. The molecule has 0 aliphatic rings. The first-order valence-corrected chi connectivity index (χ1v) is 6.84. The van der Waals surface area contributed by atoms with Crippen LogP contribution in [0.25, 0.3) is 0 Å². The van der Waals surface area contributed by atoms with Crippen LogP contribution < -0.4 is 11.1 Å². The van der Waals surface area contributed by atoms with Crippen molar-refractivity contribution in [3.63, 3.8) is 0 Å². The fourth-order valence-corrected chi connectivity index (χ4v) is 2.64. The third-order valence-corrected chi connectivity index (χ3v) is 3.66. The number of hydrogen-bond acceptors (Lipinski definition) is 5. The van der Waals surface area contributed by atoms with Gasteiger partial charge in [-0.1, -0.05) is 6.07 Å².